The van der Waals surface area contributed by atoms with Gasteiger partial charge in [-0.25, -0.2) is 8.42 Å². The first kappa shape index (κ1) is 14.4. The minimum absolute atomic E-state index is 0.268. The highest BCUT2D eigenvalue weighted by Gasteiger charge is 2.21. The summed E-state index contributed by atoms with van der Waals surface area (Å²) in [4.78, 5) is 0. The number of ether oxygens (including phenoxy) is 1. The van der Waals surface area contributed by atoms with Gasteiger partial charge in [0, 0.05) is 0 Å². The van der Waals surface area contributed by atoms with Crippen LogP contribution in [0.15, 0.2) is 0 Å². The molecule has 0 aliphatic carbocycles. The first-order valence-corrected chi connectivity index (χ1v) is 6.03. The fourth-order valence-electron chi connectivity index (χ4n) is 0.810. The van der Waals surface area contributed by atoms with E-state index in [2.05, 4.69) is 5.92 Å². The molecule has 0 spiro atoms. The number of hydrogen-bond donors (Lipinski definition) is 1. The predicted octanol–water partition coefficient (Wildman–Crippen LogP) is -0.289. The number of hydrogen-bond acceptors (Lipinski definition) is 5. The summed E-state index contributed by atoms with van der Waals surface area (Å²) in [5.74, 6) is 1.52. The average Bonchev–Trinajstić information content (AvgIpc) is 2.12. The van der Waals surface area contributed by atoms with Crippen molar-refractivity contribution in [1.29, 1.82) is 0 Å². The molecule has 2 unspecified atom stereocenters. The summed E-state index contributed by atoms with van der Waals surface area (Å²) in [6.45, 7) is 3.18. The van der Waals surface area contributed by atoms with Crippen molar-refractivity contribution in [2.45, 2.75) is 32.0 Å². The van der Waals surface area contributed by atoms with Gasteiger partial charge in [-0.3, -0.25) is 0 Å². The normalized spacial score (nSPS) is 17.8. The smallest absolute Gasteiger partial charge is 0.125 e. The number of terminal acetylenes is 1. The van der Waals surface area contributed by atoms with Crippen LogP contribution in [-0.4, -0.2) is 42.1 Å². The highest BCUT2D eigenvalue weighted by atomic mass is 32.2. The first-order valence-electron chi connectivity index (χ1n) is 4.46. The Hall–Kier alpha value is -0.610. The molecule has 6 heteroatoms. The van der Waals surface area contributed by atoms with Gasteiger partial charge >= 0.3 is 0 Å². The Balaban J connectivity index is 4.13. The van der Waals surface area contributed by atoms with Gasteiger partial charge in [0.05, 0.1) is 28.6 Å². The minimum Gasteiger partial charge on any atom is -0.748 e. The zero-order chi connectivity index (χ0) is 12.1. The van der Waals surface area contributed by atoms with Crippen LogP contribution in [-0.2, 0) is 14.9 Å². The van der Waals surface area contributed by atoms with E-state index in [1.165, 1.54) is 0 Å². The van der Waals surface area contributed by atoms with Crippen molar-refractivity contribution in [3.8, 4) is 12.3 Å². The lowest BCUT2D eigenvalue weighted by molar-refractivity contribution is -0.0328. The lowest BCUT2D eigenvalue weighted by atomic mass is 10.1. The maximum atomic E-state index is 10.3. The molecule has 2 atom stereocenters. The van der Waals surface area contributed by atoms with Crippen LogP contribution in [0.25, 0.3) is 0 Å². The lowest BCUT2D eigenvalue weighted by Gasteiger charge is -2.24. The molecule has 0 amide bonds. The topological polar surface area (TPSA) is 86.7 Å². The molecular weight excluding hydrogens is 220 g/mol. The van der Waals surface area contributed by atoms with E-state index in [4.69, 9.17) is 16.3 Å². The molecule has 0 aromatic rings. The Morgan fingerprint density at radius 1 is 1.67 bits per heavy atom. The van der Waals surface area contributed by atoms with Gasteiger partial charge in [0.15, 0.2) is 0 Å². The van der Waals surface area contributed by atoms with Crippen molar-refractivity contribution in [3.63, 3.8) is 0 Å². The Labute approximate surface area is 90.2 Å². The molecule has 0 aromatic heterocycles. The highest BCUT2D eigenvalue weighted by molar-refractivity contribution is 7.85. The molecule has 0 aliphatic rings. The van der Waals surface area contributed by atoms with E-state index in [1.54, 1.807) is 13.8 Å². The molecule has 0 saturated carbocycles. The van der Waals surface area contributed by atoms with Gasteiger partial charge in [-0.15, -0.1) is 6.42 Å². The number of aliphatic hydroxyl groups is 1. The van der Waals surface area contributed by atoms with E-state index < -0.39 is 27.6 Å². The summed E-state index contributed by atoms with van der Waals surface area (Å²) in [7, 11) is -4.44. The number of rotatable bonds is 6. The summed E-state index contributed by atoms with van der Waals surface area (Å²) >= 11 is 0. The molecule has 15 heavy (non-hydrogen) atoms. The summed E-state index contributed by atoms with van der Waals surface area (Å²) in [6.07, 6.45) is 4.38. The van der Waals surface area contributed by atoms with Crippen molar-refractivity contribution in [3.05, 3.63) is 0 Å². The van der Waals surface area contributed by atoms with Gasteiger partial charge in [0.2, 0.25) is 0 Å². The summed E-state index contributed by atoms with van der Waals surface area (Å²) in [5.41, 5.74) is -0.840. The average molecular weight is 235 g/mol. The van der Waals surface area contributed by atoms with E-state index in [1.807, 2.05) is 0 Å². The third-order valence-electron chi connectivity index (χ3n) is 1.97. The standard InChI is InChI=1S/C9H16O5S/c1-4-9(3,5-2)14-6-8(10)7-15(11,12)13/h1,8,10H,5-7H2,2-3H3,(H,11,12,13)/p-1. The van der Waals surface area contributed by atoms with E-state index in [-0.39, 0.29) is 6.61 Å². The van der Waals surface area contributed by atoms with Crippen molar-refractivity contribution >= 4 is 10.1 Å². The largest absolute Gasteiger partial charge is 0.748 e. The van der Waals surface area contributed by atoms with Crippen molar-refractivity contribution in [2.24, 2.45) is 0 Å². The van der Waals surface area contributed by atoms with Gasteiger partial charge in [-0.1, -0.05) is 12.8 Å². The van der Waals surface area contributed by atoms with Gasteiger partial charge in [-0.05, 0) is 13.3 Å². The Kier molecular flexibility index (Phi) is 5.24. The Morgan fingerprint density at radius 3 is 2.53 bits per heavy atom. The molecule has 0 aliphatic heterocycles. The van der Waals surface area contributed by atoms with E-state index in [0.717, 1.165) is 0 Å². The molecule has 0 radical (unpaired) electrons. The first-order chi connectivity index (χ1) is 6.72. The molecule has 0 rings (SSSR count). The fourth-order valence-corrected chi connectivity index (χ4v) is 1.38. The van der Waals surface area contributed by atoms with Crippen LogP contribution in [0.5, 0.6) is 0 Å². The zero-order valence-electron chi connectivity index (χ0n) is 8.76. The van der Waals surface area contributed by atoms with E-state index in [9.17, 15) is 13.0 Å². The van der Waals surface area contributed by atoms with Gasteiger partial charge in [-0.2, -0.15) is 0 Å². The van der Waals surface area contributed by atoms with Crippen LogP contribution in [0.2, 0.25) is 0 Å². The van der Waals surface area contributed by atoms with E-state index in [0.29, 0.717) is 6.42 Å². The minimum atomic E-state index is -4.44. The summed E-state index contributed by atoms with van der Waals surface area (Å²) < 4.78 is 36.0. The molecule has 0 fully saturated rings. The van der Waals surface area contributed by atoms with Gasteiger partial charge < -0.3 is 14.4 Å². The van der Waals surface area contributed by atoms with Crippen LogP contribution in [0.3, 0.4) is 0 Å². The maximum absolute atomic E-state index is 10.3. The van der Waals surface area contributed by atoms with Crippen LogP contribution in [0, 0.1) is 12.3 Å². The summed E-state index contributed by atoms with van der Waals surface area (Å²) in [5, 5.41) is 9.17. The molecule has 0 bridgehead atoms. The van der Waals surface area contributed by atoms with Crippen LogP contribution < -0.4 is 0 Å². The monoisotopic (exact) mass is 235 g/mol. The van der Waals surface area contributed by atoms with Crippen LogP contribution >= 0.6 is 0 Å². The van der Waals surface area contributed by atoms with E-state index >= 15 is 0 Å². The van der Waals surface area contributed by atoms with Crippen molar-refractivity contribution < 1.29 is 22.8 Å². The predicted molar refractivity (Wildman–Crippen MR) is 54.1 cm³/mol. The van der Waals surface area contributed by atoms with Crippen molar-refractivity contribution in [1.82, 2.24) is 0 Å². The third-order valence-corrected chi connectivity index (χ3v) is 2.76. The third kappa shape index (κ3) is 6.47. The van der Waals surface area contributed by atoms with Gasteiger partial charge in [0.1, 0.15) is 5.60 Å². The molecule has 1 N–H and O–H groups in total. The second-order valence-electron chi connectivity index (χ2n) is 3.42. The quantitative estimate of drug-likeness (QED) is 0.505. The Morgan fingerprint density at radius 2 is 2.20 bits per heavy atom. The lowest BCUT2D eigenvalue weighted by Crippen LogP contribution is -2.33. The molecule has 0 aromatic carbocycles. The molecule has 88 valence electrons. The molecule has 0 saturated heterocycles. The molecule has 5 nitrogen and oxygen atoms in total. The summed E-state index contributed by atoms with van der Waals surface area (Å²) in [6, 6.07) is 0. The zero-order valence-corrected chi connectivity index (χ0v) is 9.58. The van der Waals surface area contributed by atoms with Crippen LogP contribution in [0.4, 0.5) is 0 Å². The second-order valence-corrected chi connectivity index (χ2v) is 4.87. The molecular formula is C9H15O5S-. The van der Waals surface area contributed by atoms with Crippen molar-refractivity contribution in [2.75, 3.05) is 12.4 Å². The van der Waals surface area contributed by atoms with Crippen LogP contribution in [0.1, 0.15) is 20.3 Å². The maximum Gasteiger partial charge on any atom is 0.125 e. The second kappa shape index (κ2) is 5.47. The Bertz CT molecular complexity index is 329. The fraction of sp³-hybridized carbons (Fsp3) is 0.778. The van der Waals surface area contributed by atoms with Gasteiger partial charge in [0.25, 0.3) is 0 Å². The SMILES string of the molecule is C#CC(C)(CC)OCC(O)CS(=O)(=O)[O-]. The molecule has 0 heterocycles. The highest BCUT2D eigenvalue weighted by Crippen LogP contribution is 2.13. The number of aliphatic hydroxyl groups excluding tert-OH is 1.